The third kappa shape index (κ3) is 3.00. The number of nitrogens with zero attached hydrogens (tertiary/aromatic N) is 3. The molecule has 1 atom stereocenters. The van der Waals surface area contributed by atoms with Crippen LogP contribution in [0.2, 0.25) is 0 Å². The van der Waals surface area contributed by atoms with Crippen molar-refractivity contribution in [2.45, 2.75) is 12.6 Å². The molecule has 1 aromatic carbocycles. The van der Waals surface area contributed by atoms with Gasteiger partial charge in [-0.05, 0) is 24.7 Å². The van der Waals surface area contributed by atoms with Crippen molar-refractivity contribution in [1.82, 2.24) is 14.7 Å². The first-order valence-corrected chi connectivity index (χ1v) is 6.89. The number of rotatable bonds is 3. The van der Waals surface area contributed by atoms with Crippen molar-refractivity contribution in [3.8, 4) is 11.1 Å². The highest BCUT2D eigenvalue weighted by Gasteiger charge is 2.18. The molecule has 0 aliphatic carbocycles. The molecule has 1 aliphatic rings. The molecule has 0 spiro atoms. The fraction of sp³-hybridized carbons (Fsp3) is 0.400. The summed E-state index contributed by atoms with van der Waals surface area (Å²) in [6.07, 6.45) is 4.14. The van der Waals surface area contributed by atoms with Crippen LogP contribution in [0.25, 0.3) is 11.1 Å². The van der Waals surface area contributed by atoms with Crippen LogP contribution in [0, 0.1) is 0 Å². The monoisotopic (exact) mass is 272 g/mol. The number of hydrogen-bond donors (Lipinski definition) is 1. The molecular formula is C15H20N4O. The normalized spacial score (nSPS) is 20.1. The Labute approximate surface area is 118 Å². The lowest BCUT2D eigenvalue weighted by molar-refractivity contribution is -0.0290. The lowest BCUT2D eigenvalue weighted by Crippen LogP contribution is -2.42. The summed E-state index contributed by atoms with van der Waals surface area (Å²) in [4.78, 5) is 2.29. The SMILES string of the molecule is CN1CCOC(Cn2cc(-c3cccc(N)c3)cn2)C1. The molecule has 3 rings (SSSR count). The fourth-order valence-corrected chi connectivity index (χ4v) is 2.52. The van der Waals surface area contributed by atoms with E-state index in [1.807, 2.05) is 41.3 Å². The van der Waals surface area contributed by atoms with Crippen molar-refractivity contribution >= 4 is 5.69 Å². The van der Waals surface area contributed by atoms with Crippen LogP contribution in [0.3, 0.4) is 0 Å². The van der Waals surface area contributed by atoms with E-state index in [9.17, 15) is 0 Å². The zero-order valence-electron chi connectivity index (χ0n) is 11.7. The fourth-order valence-electron chi connectivity index (χ4n) is 2.52. The van der Waals surface area contributed by atoms with Gasteiger partial charge in [0.15, 0.2) is 0 Å². The average molecular weight is 272 g/mol. The Morgan fingerprint density at radius 1 is 1.40 bits per heavy atom. The van der Waals surface area contributed by atoms with Gasteiger partial charge in [-0.3, -0.25) is 4.68 Å². The Kier molecular flexibility index (Phi) is 3.71. The van der Waals surface area contributed by atoms with Crippen LogP contribution in [0.4, 0.5) is 5.69 Å². The molecule has 2 aromatic rings. The Bertz CT molecular complexity index is 581. The number of ether oxygens (including phenoxy) is 1. The molecule has 106 valence electrons. The van der Waals surface area contributed by atoms with Gasteiger partial charge < -0.3 is 15.4 Å². The number of hydrogen-bond acceptors (Lipinski definition) is 4. The van der Waals surface area contributed by atoms with E-state index in [1.165, 1.54) is 0 Å². The van der Waals surface area contributed by atoms with E-state index in [0.717, 1.165) is 43.1 Å². The maximum atomic E-state index is 5.81. The molecule has 0 radical (unpaired) electrons. The van der Waals surface area contributed by atoms with E-state index in [-0.39, 0.29) is 6.10 Å². The average Bonchev–Trinajstić information content (AvgIpc) is 2.87. The van der Waals surface area contributed by atoms with Gasteiger partial charge in [0.25, 0.3) is 0 Å². The Hall–Kier alpha value is -1.85. The summed E-state index contributed by atoms with van der Waals surface area (Å²) in [6, 6.07) is 7.86. The first kappa shape index (κ1) is 13.1. The van der Waals surface area contributed by atoms with Gasteiger partial charge in [0.1, 0.15) is 0 Å². The molecule has 0 amide bonds. The van der Waals surface area contributed by atoms with Crippen molar-refractivity contribution < 1.29 is 4.74 Å². The Morgan fingerprint density at radius 2 is 2.30 bits per heavy atom. The van der Waals surface area contributed by atoms with E-state index in [1.54, 1.807) is 0 Å². The van der Waals surface area contributed by atoms with Crippen LogP contribution >= 0.6 is 0 Å². The minimum Gasteiger partial charge on any atom is -0.399 e. The maximum Gasteiger partial charge on any atom is 0.0897 e. The maximum absolute atomic E-state index is 5.81. The number of nitrogens with two attached hydrogens (primary N) is 1. The van der Waals surface area contributed by atoms with E-state index in [0.29, 0.717) is 0 Å². The standard InChI is InChI=1S/C15H20N4O/c1-18-5-6-20-15(10-18)11-19-9-13(8-17-19)12-3-2-4-14(16)7-12/h2-4,7-9,15H,5-6,10-11,16H2,1H3. The summed E-state index contributed by atoms with van der Waals surface area (Å²) in [7, 11) is 2.12. The molecule has 2 heterocycles. The van der Waals surface area contributed by atoms with Crippen LogP contribution < -0.4 is 5.73 Å². The van der Waals surface area contributed by atoms with Gasteiger partial charge in [-0.1, -0.05) is 12.1 Å². The molecule has 0 bridgehead atoms. The molecule has 2 N–H and O–H groups in total. The second-order valence-corrected chi connectivity index (χ2v) is 5.33. The Morgan fingerprint density at radius 3 is 3.10 bits per heavy atom. The van der Waals surface area contributed by atoms with Crippen molar-refractivity contribution in [3.63, 3.8) is 0 Å². The molecule has 5 heteroatoms. The lowest BCUT2D eigenvalue weighted by atomic mass is 10.1. The van der Waals surface area contributed by atoms with Gasteiger partial charge in [0.2, 0.25) is 0 Å². The molecule has 0 saturated carbocycles. The van der Waals surface area contributed by atoms with Gasteiger partial charge in [0.05, 0.1) is 25.5 Å². The largest absolute Gasteiger partial charge is 0.399 e. The first-order valence-electron chi connectivity index (χ1n) is 6.89. The third-order valence-corrected chi connectivity index (χ3v) is 3.59. The third-order valence-electron chi connectivity index (χ3n) is 3.59. The predicted molar refractivity (Wildman–Crippen MR) is 79.3 cm³/mol. The molecule has 1 saturated heterocycles. The summed E-state index contributed by atoms with van der Waals surface area (Å²) in [6.45, 7) is 3.54. The predicted octanol–water partition coefficient (Wildman–Crippen LogP) is 1.46. The van der Waals surface area contributed by atoms with Crippen LogP contribution in [0.1, 0.15) is 0 Å². The second-order valence-electron chi connectivity index (χ2n) is 5.33. The zero-order valence-corrected chi connectivity index (χ0v) is 11.7. The molecule has 1 aliphatic heterocycles. The summed E-state index contributed by atoms with van der Waals surface area (Å²) in [5, 5.41) is 4.42. The van der Waals surface area contributed by atoms with Gasteiger partial charge in [-0.15, -0.1) is 0 Å². The van der Waals surface area contributed by atoms with Crippen molar-refractivity contribution in [1.29, 1.82) is 0 Å². The van der Waals surface area contributed by atoms with Crippen molar-refractivity contribution in [2.24, 2.45) is 0 Å². The number of benzene rings is 1. The van der Waals surface area contributed by atoms with E-state index in [2.05, 4.69) is 17.0 Å². The smallest absolute Gasteiger partial charge is 0.0897 e. The minimum absolute atomic E-state index is 0.211. The molecular weight excluding hydrogens is 252 g/mol. The van der Waals surface area contributed by atoms with E-state index >= 15 is 0 Å². The molecule has 1 unspecified atom stereocenters. The number of likely N-dealkylation sites (N-methyl/N-ethyl adjacent to an activating group) is 1. The zero-order chi connectivity index (χ0) is 13.9. The van der Waals surface area contributed by atoms with Crippen molar-refractivity contribution in [3.05, 3.63) is 36.7 Å². The lowest BCUT2D eigenvalue weighted by Gasteiger charge is -2.29. The van der Waals surface area contributed by atoms with Crippen LogP contribution in [0.15, 0.2) is 36.7 Å². The highest BCUT2D eigenvalue weighted by Crippen LogP contribution is 2.21. The molecule has 1 aromatic heterocycles. The minimum atomic E-state index is 0.211. The number of anilines is 1. The molecule has 20 heavy (non-hydrogen) atoms. The topological polar surface area (TPSA) is 56.3 Å². The van der Waals surface area contributed by atoms with Crippen molar-refractivity contribution in [2.75, 3.05) is 32.5 Å². The van der Waals surface area contributed by atoms with Gasteiger partial charge >= 0.3 is 0 Å². The number of morpholine rings is 1. The van der Waals surface area contributed by atoms with E-state index < -0.39 is 0 Å². The molecule has 5 nitrogen and oxygen atoms in total. The van der Waals surface area contributed by atoms with Gasteiger partial charge in [-0.25, -0.2) is 0 Å². The highest BCUT2D eigenvalue weighted by atomic mass is 16.5. The summed E-state index contributed by atoms with van der Waals surface area (Å²) in [5.41, 5.74) is 8.77. The highest BCUT2D eigenvalue weighted by molar-refractivity contribution is 5.65. The summed E-state index contributed by atoms with van der Waals surface area (Å²) < 4.78 is 7.71. The van der Waals surface area contributed by atoms with E-state index in [4.69, 9.17) is 10.5 Å². The quantitative estimate of drug-likeness (QED) is 0.860. The van der Waals surface area contributed by atoms with Crippen LogP contribution in [-0.2, 0) is 11.3 Å². The second kappa shape index (κ2) is 5.64. The van der Waals surface area contributed by atoms with Gasteiger partial charge in [-0.2, -0.15) is 5.10 Å². The first-order chi connectivity index (χ1) is 9.70. The number of aromatic nitrogens is 2. The van der Waals surface area contributed by atoms with Gasteiger partial charge in [0, 0.05) is 30.5 Å². The molecule has 1 fully saturated rings. The van der Waals surface area contributed by atoms with Crippen LogP contribution in [0.5, 0.6) is 0 Å². The van der Waals surface area contributed by atoms with Crippen LogP contribution in [-0.4, -0.2) is 47.5 Å². The number of nitrogen functional groups attached to an aromatic ring is 1. The summed E-state index contributed by atoms with van der Waals surface area (Å²) >= 11 is 0. The summed E-state index contributed by atoms with van der Waals surface area (Å²) in [5.74, 6) is 0. The Balaban J connectivity index is 1.70.